The molecule has 11 heteroatoms. The van der Waals surface area contributed by atoms with Crippen molar-refractivity contribution < 1.29 is 15.0 Å². The zero-order valence-corrected chi connectivity index (χ0v) is 19.1. The number of hydrogen-bond acceptors (Lipinski definition) is 8. The van der Waals surface area contributed by atoms with Crippen molar-refractivity contribution in [2.45, 2.75) is 6.61 Å². The Morgan fingerprint density at radius 1 is 1.05 bits per heavy atom. The topological polar surface area (TPSA) is 142 Å². The molecule has 3 aromatic carbocycles. The van der Waals surface area contributed by atoms with E-state index in [9.17, 15) is 15.0 Å². The molecule has 2 heterocycles. The van der Waals surface area contributed by atoms with Crippen LogP contribution in [-0.2, 0) is 6.61 Å². The molecule has 2 aromatic heterocycles. The van der Waals surface area contributed by atoms with E-state index in [1.807, 2.05) is 0 Å². The molecule has 37 heavy (non-hydrogen) atoms. The third kappa shape index (κ3) is 4.60. The first-order valence-electron chi connectivity index (χ1n) is 11.0. The molecule has 3 N–H and O–H groups in total. The summed E-state index contributed by atoms with van der Waals surface area (Å²) in [6.07, 6.45) is 4.37. The largest absolute Gasteiger partial charge is 0.505 e. The molecule has 0 radical (unpaired) electrons. The van der Waals surface area contributed by atoms with Gasteiger partial charge >= 0.3 is 0 Å². The molecule has 0 bridgehead atoms. The number of benzene rings is 3. The predicted octanol–water partition coefficient (Wildman–Crippen LogP) is 5.23. The number of hydrogen-bond donors (Lipinski definition) is 3. The van der Waals surface area contributed by atoms with E-state index in [1.54, 1.807) is 60.7 Å². The van der Waals surface area contributed by atoms with Crippen LogP contribution in [0, 0.1) is 6.57 Å². The Labute approximate surface area is 210 Å². The summed E-state index contributed by atoms with van der Waals surface area (Å²) in [6.45, 7) is 7.32. The SMILES string of the molecule is [C-]#[N+]c1cnn(-c2ncccn2)c1/N=N/c1cc2ccccc2c(C(=O)Nc2ccc(CO)cc2)c1O. The fourth-order valence-corrected chi connectivity index (χ4v) is 3.67. The first-order chi connectivity index (χ1) is 18.1. The smallest absolute Gasteiger partial charge is 0.260 e. The molecule has 0 saturated carbocycles. The maximum atomic E-state index is 13.3. The van der Waals surface area contributed by atoms with Gasteiger partial charge in [0.1, 0.15) is 5.69 Å². The van der Waals surface area contributed by atoms with E-state index < -0.39 is 5.91 Å². The number of aliphatic hydroxyl groups excluding tert-OH is 1. The van der Waals surface area contributed by atoms with Crippen molar-refractivity contribution in [1.29, 1.82) is 0 Å². The van der Waals surface area contributed by atoms with Gasteiger partial charge in [0, 0.05) is 18.1 Å². The molecular formula is C26H18N8O3. The zero-order chi connectivity index (χ0) is 25.8. The van der Waals surface area contributed by atoms with Crippen LogP contribution in [0.4, 0.5) is 22.9 Å². The highest BCUT2D eigenvalue weighted by molar-refractivity contribution is 6.16. The summed E-state index contributed by atoms with van der Waals surface area (Å²) in [5.41, 5.74) is 1.35. The minimum Gasteiger partial charge on any atom is -0.505 e. The highest BCUT2D eigenvalue weighted by atomic mass is 16.3. The second kappa shape index (κ2) is 10.0. The average Bonchev–Trinajstić information content (AvgIpc) is 3.35. The van der Waals surface area contributed by atoms with Crippen LogP contribution in [0.2, 0.25) is 0 Å². The number of nitrogens with one attached hydrogen (secondary N) is 1. The molecule has 0 aliphatic carbocycles. The highest BCUT2D eigenvalue weighted by Gasteiger charge is 2.20. The van der Waals surface area contributed by atoms with Gasteiger partial charge in [-0.3, -0.25) is 4.79 Å². The number of carbonyl (C=O) groups excluding carboxylic acids is 1. The van der Waals surface area contributed by atoms with Gasteiger partial charge < -0.3 is 15.5 Å². The number of carbonyl (C=O) groups is 1. The number of anilines is 1. The first kappa shape index (κ1) is 23.3. The Kier molecular flexibility index (Phi) is 6.31. The van der Waals surface area contributed by atoms with Crippen LogP contribution >= 0.6 is 0 Å². The van der Waals surface area contributed by atoms with Gasteiger partial charge in [-0.25, -0.2) is 14.8 Å². The normalized spacial score (nSPS) is 11.0. The van der Waals surface area contributed by atoms with Crippen molar-refractivity contribution in [1.82, 2.24) is 19.7 Å². The lowest BCUT2D eigenvalue weighted by Crippen LogP contribution is -2.12. The van der Waals surface area contributed by atoms with Crippen LogP contribution in [0.25, 0.3) is 21.6 Å². The van der Waals surface area contributed by atoms with Crippen molar-refractivity contribution in [3.05, 3.63) is 102 Å². The van der Waals surface area contributed by atoms with E-state index >= 15 is 0 Å². The van der Waals surface area contributed by atoms with Crippen molar-refractivity contribution in [3.63, 3.8) is 0 Å². The molecule has 0 aliphatic heterocycles. The van der Waals surface area contributed by atoms with Crippen molar-refractivity contribution in [3.8, 4) is 11.7 Å². The van der Waals surface area contributed by atoms with E-state index in [2.05, 4.69) is 35.5 Å². The van der Waals surface area contributed by atoms with Crippen molar-refractivity contribution >= 4 is 39.6 Å². The Balaban J connectivity index is 1.57. The lowest BCUT2D eigenvalue weighted by molar-refractivity contribution is 0.102. The Bertz CT molecular complexity index is 1670. The van der Waals surface area contributed by atoms with Crippen LogP contribution in [0.5, 0.6) is 5.75 Å². The number of nitrogens with zero attached hydrogens (tertiary/aromatic N) is 7. The summed E-state index contributed by atoms with van der Waals surface area (Å²) < 4.78 is 1.26. The summed E-state index contributed by atoms with van der Waals surface area (Å²) >= 11 is 0. The summed E-state index contributed by atoms with van der Waals surface area (Å²) in [7, 11) is 0. The van der Waals surface area contributed by atoms with Crippen molar-refractivity contribution in [2.24, 2.45) is 10.2 Å². The number of azo groups is 1. The average molecular weight is 490 g/mol. The van der Waals surface area contributed by atoms with Gasteiger partial charge in [0.25, 0.3) is 17.5 Å². The lowest BCUT2D eigenvalue weighted by Gasteiger charge is -2.12. The molecule has 0 unspecified atom stereocenters. The Morgan fingerprint density at radius 3 is 2.54 bits per heavy atom. The van der Waals surface area contributed by atoms with E-state index in [0.29, 0.717) is 22.0 Å². The van der Waals surface area contributed by atoms with Gasteiger partial charge in [-0.1, -0.05) is 36.4 Å². The van der Waals surface area contributed by atoms with Gasteiger partial charge in [0.15, 0.2) is 11.6 Å². The zero-order valence-electron chi connectivity index (χ0n) is 19.1. The Hall–Kier alpha value is -5.47. The predicted molar refractivity (Wildman–Crippen MR) is 136 cm³/mol. The number of aliphatic hydroxyl groups is 1. The lowest BCUT2D eigenvalue weighted by atomic mass is 10.0. The van der Waals surface area contributed by atoms with Gasteiger partial charge in [-0.2, -0.15) is 9.78 Å². The number of amides is 1. The maximum absolute atomic E-state index is 13.3. The standard InChI is InChI=1S/C26H18N8O3/c1-27-21-14-30-34(26-28-11-4-12-29-26)24(21)33-32-20-13-17-5-2-3-6-19(17)22(23(20)36)25(37)31-18-9-7-16(15-35)8-10-18/h2-14,35-36H,15H2,(H,31,37)/b33-32+. The van der Waals surface area contributed by atoms with E-state index in [1.165, 1.54) is 23.3 Å². The fourth-order valence-electron chi connectivity index (χ4n) is 3.67. The second-order valence-corrected chi connectivity index (χ2v) is 7.78. The molecule has 0 aliphatic rings. The molecule has 180 valence electrons. The minimum atomic E-state index is -0.549. The van der Waals surface area contributed by atoms with Crippen LogP contribution in [0.1, 0.15) is 15.9 Å². The number of fused-ring (bicyclic) bond motifs is 1. The summed E-state index contributed by atoms with van der Waals surface area (Å²) in [5, 5.41) is 36.8. The molecule has 11 nitrogen and oxygen atoms in total. The summed E-state index contributed by atoms with van der Waals surface area (Å²) in [5.74, 6) is -0.657. The molecule has 1 amide bonds. The Morgan fingerprint density at radius 2 is 1.81 bits per heavy atom. The highest BCUT2D eigenvalue weighted by Crippen LogP contribution is 2.39. The van der Waals surface area contributed by atoms with Gasteiger partial charge in [0.2, 0.25) is 0 Å². The van der Waals surface area contributed by atoms with Crippen LogP contribution in [-0.4, -0.2) is 35.9 Å². The molecule has 0 spiro atoms. The van der Waals surface area contributed by atoms with Crippen LogP contribution < -0.4 is 5.32 Å². The maximum Gasteiger partial charge on any atom is 0.260 e. The molecule has 5 aromatic rings. The van der Waals surface area contributed by atoms with Gasteiger partial charge in [-0.05, 0) is 40.6 Å². The fraction of sp³-hybridized carbons (Fsp3) is 0.0385. The third-order valence-electron chi connectivity index (χ3n) is 5.46. The third-order valence-corrected chi connectivity index (χ3v) is 5.46. The molecule has 0 atom stereocenters. The van der Waals surface area contributed by atoms with E-state index in [4.69, 9.17) is 6.57 Å². The quantitative estimate of drug-likeness (QED) is 0.220. The number of phenols is 1. The number of aromatic nitrogens is 4. The van der Waals surface area contributed by atoms with Crippen LogP contribution in [0.3, 0.4) is 0 Å². The number of rotatable bonds is 6. The molecular weight excluding hydrogens is 472 g/mol. The first-order valence-corrected chi connectivity index (χ1v) is 11.0. The number of aromatic hydroxyl groups is 1. The molecule has 0 saturated heterocycles. The molecule has 0 fully saturated rings. The van der Waals surface area contributed by atoms with Crippen LogP contribution in [0.15, 0.2) is 89.5 Å². The minimum absolute atomic E-state index is 0.0172. The molecule has 5 rings (SSSR count). The van der Waals surface area contributed by atoms with Gasteiger partial charge in [-0.15, -0.1) is 10.2 Å². The van der Waals surface area contributed by atoms with E-state index in [0.717, 1.165) is 0 Å². The van der Waals surface area contributed by atoms with E-state index in [-0.39, 0.29) is 41.1 Å². The van der Waals surface area contributed by atoms with Crippen molar-refractivity contribution in [2.75, 3.05) is 5.32 Å². The second-order valence-electron chi connectivity index (χ2n) is 7.78. The monoisotopic (exact) mass is 490 g/mol. The summed E-state index contributed by atoms with van der Waals surface area (Å²) in [6, 6.07) is 17.0. The number of phenolic OH excluding ortho intramolecular Hbond substituents is 1. The summed E-state index contributed by atoms with van der Waals surface area (Å²) in [4.78, 5) is 24.9. The van der Waals surface area contributed by atoms with Gasteiger partial charge in [0.05, 0.1) is 24.9 Å².